The van der Waals surface area contributed by atoms with E-state index in [4.69, 9.17) is 4.74 Å². The van der Waals surface area contributed by atoms with Crippen LogP contribution in [-0.2, 0) is 16.1 Å². The highest BCUT2D eigenvalue weighted by atomic mass is 79.9. The van der Waals surface area contributed by atoms with E-state index in [9.17, 15) is 4.79 Å². The highest BCUT2D eigenvalue weighted by molar-refractivity contribution is 9.11. The number of hydrogen-bond acceptors (Lipinski definition) is 4. The van der Waals surface area contributed by atoms with Gasteiger partial charge in [0.1, 0.15) is 0 Å². The lowest BCUT2D eigenvalue weighted by Crippen LogP contribution is -2.37. The second kappa shape index (κ2) is 7.38. The second-order valence-electron chi connectivity index (χ2n) is 4.72. The van der Waals surface area contributed by atoms with E-state index < -0.39 is 0 Å². The van der Waals surface area contributed by atoms with E-state index in [1.54, 1.807) is 16.2 Å². The molecule has 0 bridgehead atoms. The molecule has 1 aromatic rings. The van der Waals surface area contributed by atoms with Crippen LogP contribution in [0.3, 0.4) is 0 Å². The van der Waals surface area contributed by atoms with E-state index in [1.807, 2.05) is 19.2 Å². The third-order valence-electron chi connectivity index (χ3n) is 3.12. The van der Waals surface area contributed by atoms with Crippen molar-refractivity contribution in [3.8, 4) is 0 Å². The number of amides is 1. The molecule has 1 aromatic heterocycles. The van der Waals surface area contributed by atoms with Gasteiger partial charge in [0, 0.05) is 25.1 Å². The Morgan fingerprint density at radius 3 is 3.11 bits per heavy atom. The van der Waals surface area contributed by atoms with Gasteiger partial charge in [-0.05, 0) is 40.9 Å². The molecule has 1 saturated heterocycles. The lowest BCUT2D eigenvalue weighted by Gasteiger charge is -2.17. The van der Waals surface area contributed by atoms with Gasteiger partial charge in [-0.15, -0.1) is 11.3 Å². The van der Waals surface area contributed by atoms with Gasteiger partial charge in [-0.25, -0.2) is 0 Å². The summed E-state index contributed by atoms with van der Waals surface area (Å²) in [5.74, 6) is 0.113. The van der Waals surface area contributed by atoms with Crippen LogP contribution in [0.15, 0.2) is 15.9 Å². The van der Waals surface area contributed by atoms with Crippen LogP contribution in [0.1, 0.15) is 17.7 Å². The summed E-state index contributed by atoms with van der Waals surface area (Å²) in [6, 6.07) is 4.05. The highest BCUT2D eigenvalue weighted by Crippen LogP contribution is 2.22. The van der Waals surface area contributed by atoms with E-state index in [0.29, 0.717) is 13.1 Å². The van der Waals surface area contributed by atoms with Crippen molar-refractivity contribution < 1.29 is 9.53 Å². The standard InChI is InChI=1S/C13H19BrN2O2S/c1-16(9-11-4-5-12(14)19-11)13(17)8-15-7-10-3-2-6-18-10/h4-5,10,15H,2-3,6-9H2,1H3. The first kappa shape index (κ1) is 15.0. The summed E-state index contributed by atoms with van der Waals surface area (Å²) in [5, 5.41) is 3.18. The number of carbonyl (C=O) groups is 1. The summed E-state index contributed by atoms with van der Waals surface area (Å²) in [6.45, 7) is 2.66. The number of thiophene rings is 1. The largest absolute Gasteiger partial charge is 0.377 e. The number of halogens is 1. The number of carbonyl (C=O) groups excluding carboxylic acids is 1. The van der Waals surface area contributed by atoms with Gasteiger partial charge >= 0.3 is 0 Å². The van der Waals surface area contributed by atoms with Crippen molar-refractivity contribution in [2.45, 2.75) is 25.5 Å². The summed E-state index contributed by atoms with van der Waals surface area (Å²) < 4.78 is 6.60. The first-order valence-corrected chi connectivity index (χ1v) is 8.06. The Bertz CT molecular complexity index is 419. The first-order chi connectivity index (χ1) is 9.15. The fraction of sp³-hybridized carbons (Fsp3) is 0.615. The summed E-state index contributed by atoms with van der Waals surface area (Å²) in [6.07, 6.45) is 2.51. The molecule has 1 N–H and O–H groups in total. The third kappa shape index (κ3) is 4.87. The van der Waals surface area contributed by atoms with Crippen molar-refractivity contribution in [1.29, 1.82) is 0 Å². The fourth-order valence-electron chi connectivity index (χ4n) is 2.04. The Balaban J connectivity index is 1.67. The Hall–Kier alpha value is -0.430. The molecular weight excluding hydrogens is 328 g/mol. The number of likely N-dealkylation sites (N-methyl/N-ethyl adjacent to an activating group) is 1. The van der Waals surface area contributed by atoms with Crippen molar-refractivity contribution in [2.75, 3.05) is 26.7 Å². The van der Waals surface area contributed by atoms with Crippen molar-refractivity contribution >= 4 is 33.2 Å². The molecule has 0 aliphatic carbocycles. The lowest BCUT2D eigenvalue weighted by atomic mass is 10.2. The smallest absolute Gasteiger partial charge is 0.236 e. The minimum atomic E-state index is 0.113. The van der Waals surface area contributed by atoms with E-state index in [-0.39, 0.29) is 12.0 Å². The molecule has 1 unspecified atom stereocenters. The van der Waals surface area contributed by atoms with Gasteiger partial charge in [-0.3, -0.25) is 4.79 Å². The van der Waals surface area contributed by atoms with E-state index >= 15 is 0 Å². The van der Waals surface area contributed by atoms with Gasteiger partial charge in [0.05, 0.1) is 23.0 Å². The molecule has 106 valence electrons. The number of rotatable bonds is 6. The average Bonchev–Trinajstić information content (AvgIpc) is 3.01. The second-order valence-corrected chi connectivity index (χ2v) is 7.27. The summed E-state index contributed by atoms with van der Waals surface area (Å²) >= 11 is 5.09. The quantitative estimate of drug-likeness (QED) is 0.858. The predicted octanol–water partition coefficient (Wildman–Crippen LogP) is 2.24. The van der Waals surface area contributed by atoms with Gasteiger partial charge < -0.3 is 15.0 Å². The van der Waals surface area contributed by atoms with Crippen LogP contribution in [0.5, 0.6) is 0 Å². The molecule has 0 saturated carbocycles. The predicted molar refractivity (Wildman–Crippen MR) is 80.3 cm³/mol. The highest BCUT2D eigenvalue weighted by Gasteiger charge is 2.16. The maximum Gasteiger partial charge on any atom is 0.236 e. The molecule has 0 spiro atoms. The van der Waals surface area contributed by atoms with E-state index in [1.165, 1.54) is 4.88 Å². The molecule has 1 fully saturated rings. The Morgan fingerprint density at radius 2 is 2.47 bits per heavy atom. The van der Waals surface area contributed by atoms with Crippen molar-refractivity contribution in [3.63, 3.8) is 0 Å². The first-order valence-electron chi connectivity index (χ1n) is 6.45. The molecule has 1 amide bonds. The van der Waals surface area contributed by atoms with Crippen molar-refractivity contribution in [1.82, 2.24) is 10.2 Å². The minimum Gasteiger partial charge on any atom is -0.377 e. The van der Waals surface area contributed by atoms with Gasteiger partial charge in [0.2, 0.25) is 5.91 Å². The molecule has 2 heterocycles. The molecule has 0 aromatic carbocycles. The van der Waals surface area contributed by atoms with Gasteiger partial charge in [-0.1, -0.05) is 0 Å². The molecule has 4 nitrogen and oxygen atoms in total. The number of ether oxygens (including phenoxy) is 1. The Kier molecular flexibility index (Phi) is 5.81. The maximum atomic E-state index is 11.9. The normalized spacial score (nSPS) is 18.7. The molecular formula is C13H19BrN2O2S. The minimum absolute atomic E-state index is 0.113. The van der Waals surface area contributed by atoms with Crippen LogP contribution in [0, 0.1) is 0 Å². The van der Waals surface area contributed by atoms with Crippen LogP contribution < -0.4 is 5.32 Å². The number of hydrogen-bond donors (Lipinski definition) is 1. The Labute approximate surface area is 126 Å². The lowest BCUT2D eigenvalue weighted by molar-refractivity contribution is -0.129. The van der Waals surface area contributed by atoms with Crippen LogP contribution in [0.25, 0.3) is 0 Å². The van der Waals surface area contributed by atoms with Crippen LogP contribution >= 0.6 is 27.3 Å². The summed E-state index contributed by atoms with van der Waals surface area (Å²) in [5.41, 5.74) is 0. The molecule has 1 aliphatic rings. The SMILES string of the molecule is CN(Cc1ccc(Br)s1)C(=O)CNCC1CCCO1. The molecule has 1 atom stereocenters. The van der Waals surface area contributed by atoms with Crippen LogP contribution in [-0.4, -0.2) is 43.7 Å². The van der Waals surface area contributed by atoms with Crippen LogP contribution in [0.4, 0.5) is 0 Å². The molecule has 2 rings (SSSR count). The zero-order chi connectivity index (χ0) is 13.7. The third-order valence-corrected chi connectivity index (χ3v) is 4.73. The number of nitrogens with zero attached hydrogens (tertiary/aromatic N) is 1. The molecule has 1 aliphatic heterocycles. The van der Waals surface area contributed by atoms with Gasteiger partial charge in [0.25, 0.3) is 0 Å². The zero-order valence-corrected chi connectivity index (χ0v) is 13.4. The van der Waals surface area contributed by atoms with Gasteiger partial charge in [0.15, 0.2) is 0 Å². The summed E-state index contributed by atoms with van der Waals surface area (Å²) in [4.78, 5) is 14.9. The molecule has 19 heavy (non-hydrogen) atoms. The zero-order valence-electron chi connectivity index (χ0n) is 11.0. The fourth-order valence-corrected chi connectivity index (χ4v) is 3.58. The maximum absolute atomic E-state index is 11.9. The Morgan fingerprint density at radius 1 is 1.63 bits per heavy atom. The summed E-state index contributed by atoms with van der Waals surface area (Å²) in [7, 11) is 1.84. The van der Waals surface area contributed by atoms with Gasteiger partial charge in [-0.2, -0.15) is 0 Å². The molecule has 6 heteroatoms. The van der Waals surface area contributed by atoms with E-state index in [2.05, 4.69) is 21.2 Å². The average molecular weight is 347 g/mol. The van der Waals surface area contributed by atoms with Crippen molar-refractivity contribution in [3.05, 3.63) is 20.8 Å². The topological polar surface area (TPSA) is 41.6 Å². The van der Waals surface area contributed by atoms with Crippen LogP contribution in [0.2, 0.25) is 0 Å². The monoisotopic (exact) mass is 346 g/mol. The van der Waals surface area contributed by atoms with E-state index in [0.717, 1.165) is 29.8 Å². The number of nitrogens with one attached hydrogen (secondary N) is 1. The van der Waals surface area contributed by atoms with Crippen molar-refractivity contribution in [2.24, 2.45) is 0 Å². The molecule has 0 radical (unpaired) electrons.